The zero-order valence-corrected chi connectivity index (χ0v) is 9.51. The lowest BCUT2D eigenvalue weighted by atomic mass is 10.2. The second kappa shape index (κ2) is 5.31. The molecule has 0 fully saturated rings. The molecule has 1 aromatic heterocycles. The molecule has 2 rings (SSSR count). The number of aromatic hydroxyl groups is 1. The molecule has 18 heavy (non-hydrogen) atoms. The molecule has 0 saturated heterocycles. The molecule has 1 aromatic carbocycles. The van der Waals surface area contributed by atoms with Gasteiger partial charge in [-0.1, -0.05) is 0 Å². The summed E-state index contributed by atoms with van der Waals surface area (Å²) in [5, 5.41) is 15.6. The minimum absolute atomic E-state index is 0.0896. The van der Waals surface area contributed by atoms with Crippen LogP contribution in [0.25, 0.3) is 0 Å². The van der Waals surface area contributed by atoms with Crippen molar-refractivity contribution in [2.24, 2.45) is 0 Å². The fraction of sp³-hybridized carbons (Fsp3) is 0.167. The third-order valence-electron chi connectivity index (χ3n) is 2.38. The van der Waals surface area contributed by atoms with Crippen LogP contribution in [0.5, 0.6) is 5.75 Å². The summed E-state index contributed by atoms with van der Waals surface area (Å²) in [6.45, 7) is 0.860. The maximum absolute atomic E-state index is 13.4. The second-order valence-electron chi connectivity index (χ2n) is 3.69. The fourth-order valence-corrected chi connectivity index (χ4v) is 1.50. The van der Waals surface area contributed by atoms with Crippen LogP contribution in [0.4, 0.5) is 4.39 Å². The van der Waals surface area contributed by atoms with Gasteiger partial charge in [0, 0.05) is 25.0 Å². The summed E-state index contributed by atoms with van der Waals surface area (Å²) in [6, 6.07) is 5.20. The number of halogens is 1. The van der Waals surface area contributed by atoms with Crippen LogP contribution in [-0.2, 0) is 6.54 Å². The summed E-state index contributed by atoms with van der Waals surface area (Å²) in [7, 11) is 0. The van der Waals surface area contributed by atoms with Gasteiger partial charge in [0.15, 0.2) is 0 Å². The highest BCUT2D eigenvalue weighted by molar-refractivity contribution is 5.94. The van der Waals surface area contributed by atoms with E-state index in [-0.39, 0.29) is 11.3 Å². The number of carbonyl (C=O) groups is 1. The highest BCUT2D eigenvalue weighted by Gasteiger charge is 2.11. The molecule has 0 spiro atoms. The molecule has 0 aliphatic heterocycles. The first kappa shape index (κ1) is 12.1. The van der Waals surface area contributed by atoms with Gasteiger partial charge < -0.3 is 10.4 Å². The SMILES string of the molecule is O=C(NCCn1cccn1)c1ccc(O)cc1F. The van der Waals surface area contributed by atoms with E-state index in [1.807, 2.05) is 0 Å². The van der Waals surface area contributed by atoms with Gasteiger partial charge in [-0.15, -0.1) is 0 Å². The largest absolute Gasteiger partial charge is 0.508 e. The summed E-state index contributed by atoms with van der Waals surface area (Å²) < 4.78 is 15.0. The van der Waals surface area contributed by atoms with Crippen molar-refractivity contribution in [3.05, 3.63) is 48.0 Å². The Labute approximate surface area is 103 Å². The zero-order chi connectivity index (χ0) is 13.0. The summed E-state index contributed by atoms with van der Waals surface area (Å²) in [6.07, 6.45) is 3.41. The Morgan fingerprint density at radius 2 is 2.33 bits per heavy atom. The van der Waals surface area contributed by atoms with Crippen molar-refractivity contribution in [2.45, 2.75) is 6.54 Å². The van der Waals surface area contributed by atoms with E-state index in [0.717, 1.165) is 6.07 Å². The van der Waals surface area contributed by atoms with Gasteiger partial charge in [-0.25, -0.2) is 4.39 Å². The smallest absolute Gasteiger partial charge is 0.254 e. The van der Waals surface area contributed by atoms with Crippen LogP contribution in [0, 0.1) is 5.82 Å². The Kier molecular flexibility index (Phi) is 3.57. The Hall–Kier alpha value is -2.37. The first-order valence-corrected chi connectivity index (χ1v) is 5.41. The van der Waals surface area contributed by atoms with Crippen LogP contribution >= 0.6 is 0 Å². The molecule has 0 bridgehead atoms. The second-order valence-corrected chi connectivity index (χ2v) is 3.69. The number of phenols is 1. The number of carbonyl (C=O) groups excluding carboxylic acids is 1. The molecule has 0 atom stereocenters. The van der Waals surface area contributed by atoms with Crippen LogP contribution in [-0.4, -0.2) is 27.3 Å². The van der Waals surface area contributed by atoms with Crippen LogP contribution in [0.1, 0.15) is 10.4 Å². The molecule has 0 saturated carbocycles. The molecule has 2 N–H and O–H groups in total. The molecule has 0 unspecified atom stereocenters. The van der Waals surface area contributed by atoms with E-state index in [0.29, 0.717) is 13.1 Å². The van der Waals surface area contributed by atoms with Crippen molar-refractivity contribution in [1.82, 2.24) is 15.1 Å². The topological polar surface area (TPSA) is 67.2 Å². The molecule has 0 aliphatic carbocycles. The van der Waals surface area contributed by atoms with Gasteiger partial charge in [-0.3, -0.25) is 9.48 Å². The van der Waals surface area contributed by atoms with Crippen LogP contribution in [0.15, 0.2) is 36.7 Å². The summed E-state index contributed by atoms with van der Waals surface area (Å²) >= 11 is 0. The third-order valence-corrected chi connectivity index (χ3v) is 2.38. The Morgan fingerprint density at radius 1 is 1.50 bits per heavy atom. The Bertz CT molecular complexity index is 540. The zero-order valence-electron chi connectivity index (χ0n) is 9.51. The minimum Gasteiger partial charge on any atom is -0.508 e. The van der Waals surface area contributed by atoms with E-state index < -0.39 is 11.7 Å². The van der Waals surface area contributed by atoms with E-state index in [1.54, 1.807) is 23.1 Å². The quantitative estimate of drug-likeness (QED) is 0.854. The van der Waals surface area contributed by atoms with E-state index in [4.69, 9.17) is 5.11 Å². The molecule has 94 valence electrons. The van der Waals surface area contributed by atoms with Gasteiger partial charge in [0.2, 0.25) is 0 Å². The Morgan fingerprint density at radius 3 is 3.00 bits per heavy atom. The number of rotatable bonds is 4. The van der Waals surface area contributed by atoms with Gasteiger partial charge >= 0.3 is 0 Å². The molecule has 2 aromatic rings. The number of nitrogens with zero attached hydrogens (tertiary/aromatic N) is 2. The predicted octanol–water partition coefficient (Wildman–Crippen LogP) is 1.16. The van der Waals surface area contributed by atoms with Gasteiger partial charge in [0.1, 0.15) is 11.6 Å². The van der Waals surface area contributed by atoms with Crippen molar-refractivity contribution >= 4 is 5.91 Å². The van der Waals surface area contributed by atoms with E-state index >= 15 is 0 Å². The maximum Gasteiger partial charge on any atom is 0.254 e. The molecule has 0 aliphatic rings. The molecular weight excluding hydrogens is 237 g/mol. The lowest BCUT2D eigenvalue weighted by molar-refractivity contribution is 0.0948. The van der Waals surface area contributed by atoms with Crippen molar-refractivity contribution in [3.63, 3.8) is 0 Å². The first-order chi connectivity index (χ1) is 8.66. The van der Waals surface area contributed by atoms with E-state index in [2.05, 4.69) is 10.4 Å². The standard InChI is InChI=1S/C12H12FN3O2/c13-11-8-9(17)2-3-10(11)12(18)14-5-7-16-6-1-4-15-16/h1-4,6,8,17H,5,7H2,(H,14,18). The van der Waals surface area contributed by atoms with Crippen LogP contribution in [0.2, 0.25) is 0 Å². The number of hydrogen-bond acceptors (Lipinski definition) is 3. The summed E-state index contributed by atoms with van der Waals surface area (Å²) in [4.78, 5) is 11.6. The lowest BCUT2D eigenvalue weighted by Crippen LogP contribution is -2.28. The summed E-state index contributed by atoms with van der Waals surface area (Å²) in [5.41, 5.74) is -0.0896. The van der Waals surface area contributed by atoms with E-state index in [1.165, 1.54) is 12.1 Å². The van der Waals surface area contributed by atoms with Crippen molar-refractivity contribution in [3.8, 4) is 5.75 Å². The molecule has 1 amide bonds. The van der Waals surface area contributed by atoms with Gasteiger partial charge in [0.05, 0.1) is 12.1 Å². The van der Waals surface area contributed by atoms with Crippen molar-refractivity contribution < 1.29 is 14.3 Å². The first-order valence-electron chi connectivity index (χ1n) is 5.41. The number of benzene rings is 1. The predicted molar refractivity (Wildman–Crippen MR) is 62.6 cm³/mol. The van der Waals surface area contributed by atoms with Crippen LogP contribution < -0.4 is 5.32 Å². The number of hydrogen-bond donors (Lipinski definition) is 2. The lowest BCUT2D eigenvalue weighted by Gasteiger charge is -2.06. The van der Waals surface area contributed by atoms with Crippen molar-refractivity contribution in [2.75, 3.05) is 6.54 Å². The molecule has 5 nitrogen and oxygen atoms in total. The molecule has 6 heteroatoms. The average Bonchev–Trinajstić information content (AvgIpc) is 2.81. The van der Waals surface area contributed by atoms with Crippen molar-refractivity contribution in [1.29, 1.82) is 0 Å². The number of phenolic OH excluding ortho intramolecular Hbond substituents is 1. The fourth-order valence-electron chi connectivity index (χ4n) is 1.50. The van der Waals surface area contributed by atoms with Crippen LogP contribution in [0.3, 0.4) is 0 Å². The highest BCUT2D eigenvalue weighted by Crippen LogP contribution is 2.14. The average molecular weight is 249 g/mol. The normalized spacial score (nSPS) is 10.3. The minimum atomic E-state index is -0.744. The molecular formula is C12H12FN3O2. The monoisotopic (exact) mass is 249 g/mol. The molecule has 1 heterocycles. The third kappa shape index (κ3) is 2.85. The summed E-state index contributed by atoms with van der Waals surface area (Å²) in [5.74, 6) is -1.47. The van der Waals surface area contributed by atoms with Gasteiger partial charge in [-0.05, 0) is 18.2 Å². The van der Waals surface area contributed by atoms with Gasteiger partial charge in [0.25, 0.3) is 5.91 Å². The maximum atomic E-state index is 13.4. The molecule has 0 radical (unpaired) electrons. The highest BCUT2D eigenvalue weighted by atomic mass is 19.1. The number of aromatic nitrogens is 2. The Balaban J connectivity index is 1.91. The van der Waals surface area contributed by atoms with E-state index in [9.17, 15) is 9.18 Å². The number of amides is 1. The number of nitrogens with one attached hydrogen (secondary N) is 1. The van der Waals surface area contributed by atoms with Gasteiger partial charge in [-0.2, -0.15) is 5.10 Å².